The van der Waals surface area contributed by atoms with Crippen LogP contribution in [0.15, 0.2) is 23.0 Å². The fourth-order valence-electron chi connectivity index (χ4n) is 1.87. The molecule has 21 heavy (non-hydrogen) atoms. The number of nitrogens with one attached hydrogen (secondary N) is 1. The Balaban J connectivity index is 2.54. The summed E-state index contributed by atoms with van der Waals surface area (Å²) in [7, 11) is 0. The van der Waals surface area contributed by atoms with Crippen molar-refractivity contribution < 1.29 is 14.5 Å². The molecular formula is C13H13N3O5. The molecule has 1 atom stereocenters. The van der Waals surface area contributed by atoms with Crippen molar-refractivity contribution in [1.29, 1.82) is 0 Å². The molecule has 1 N–H and O–H groups in total. The average Bonchev–Trinajstić information content (AvgIpc) is 2.45. The van der Waals surface area contributed by atoms with Crippen molar-refractivity contribution in [2.24, 2.45) is 0 Å². The minimum absolute atomic E-state index is 0.0264. The molecule has 0 amide bonds. The lowest BCUT2D eigenvalue weighted by Gasteiger charge is -2.09. The minimum atomic E-state index is -0.850. The molecule has 0 spiro atoms. The maximum atomic E-state index is 11.9. The molecule has 0 aliphatic carbocycles. The Bertz CT molecular complexity index is 768. The molecule has 1 aromatic heterocycles. The molecule has 2 aromatic rings. The number of aromatic amines is 1. The number of carbonyl (C=O) groups is 1. The molecule has 0 bridgehead atoms. The zero-order chi connectivity index (χ0) is 15.6. The summed E-state index contributed by atoms with van der Waals surface area (Å²) in [5.41, 5.74) is -0.0736. The molecule has 2 rings (SSSR count). The van der Waals surface area contributed by atoms with E-state index in [1.165, 1.54) is 25.1 Å². The van der Waals surface area contributed by atoms with Crippen LogP contribution in [0, 0.1) is 10.1 Å². The minimum Gasteiger partial charge on any atom is -0.465 e. The third kappa shape index (κ3) is 2.88. The molecule has 8 nitrogen and oxygen atoms in total. The van der Waals surface area contributed by atoms with Gasteiger partial charge in [0.1, 0.15) is 11.6 Å². The SMILES string of the molecule is CCOC(=O)C(C)c1nc2cc([N+](=O)[O-])ccc2[nH]c1=O. The Hall–Kier alpha value is -2.77. The van der Waals surface area contributed by atoms with Crippen molar-refractivity contribution in [3.8, 4) is 0 Å². The monoisotopic (exact) mass is 291 g/mol. The first-order chi connectivity index (χ1) is 9.93. The summed E-state index contributed by atoms with van der Waals surface area (Å²) in [5.74, 6) is -1.42. The number of non-ortho nitro benzene ring substituents is 1. The summed E-state index contributed by atoms with van der Waals surface area (Å²) in [6.45, 7) is 3.35. The highest BCUT2D eigenvalue weighted by atomic mass is 16.6. The fraction of sp³-hybridized carbons (Fsp3) is 0.308. The summed E-state index contributed by atoms with van der Waals surface area (Å²) in [4.78, 5) is 40.5. The molecule has 1 aromatic carbocycles. The lowest BCUT2D eigenvalue weighted by Crippen LogP contribution is -2.23. The Morgan fingerprint density at radius 1 is 1.52 bits per heavy atom. The second-order valence-corrected chi connectivity index (χ2v) is 4.38. The van der Waals surface area contributed by atoms with E-state index in [1.807, 2.05) is 0 Å². The molecule has 0 aliphatic heterocycles. The molecular weight excluding hydrogens is 278 g/mol. The van der Waals surface area contributed by atoms with Gasteiger partial charge >= 0.3 is 5.97 Å². The lowest BCUT2D eigenvalue weighted by atomic mass is 10.1. The van der Waals surface area contributed by atoms with Gasteiger partial charge in [0, 0.05) is 12.1 Å². The third-order valence-electron chi connectivity index (χ3n) is 2.96. The van der Waals surface area contributed by atoms with Crippen LogP contribution in [0.1, 0.15) is 25.5 Å². The number of nitrogens with zero attached hydrogens (tertiary/aromatic N) is 2. The number of rotatable bonds is 4. The van der Waals surface area contributed by atoms with Crippen LogP contribution in [0.2, 0.25) is 0 Å². The van der Waals surface area contributed by atoms with Crippen molar-refractivity contribution in [3.05, 3.63) is 44.4 Å². The topological polar surface area (TPSA) is 115 Å². The molecule has 0 aliphatic rings. The number of aromatic nitrogens is 2. The van der Waals surface area contributed by atoms with Gasteiger partial charge in [-0.3, -0.25) is 19.7 Å². The number of ether oxygens (including phenoxy) is 1. The molecule has 110 valence electrons. The number of nitro groups is 1. The van der Waals surface area contributed by atoms with Crippen LogP contribution in [0.5, 0.6) is 0 Å². The number of hydrogen-bond donors (Lipinski definition) is 1. The summed E-state index contributed by atoms with van der Waals surface area (Å²) in [6.07, 6.45) is 0. The molecule has 1 unspecified atom stereocenters. The Morgan fingerprint density at radius 3 is 2.86 bits per heavy atom. The fourth-order valence-corrected chi connectivity index (χ4v) is 1.87. The van der Waals surface area contributed by atoms with E-state index < -0.39 is 22.4 Å². The van der Waals surface area contributed by atoms with Gasteiger partial charge in [-0.25, -0.2) is 4.98 Å². The van der Waals surface area contributed by atoms with Gasteiger partial charge in [-0.05, 0) is 19.9 Å². The molecule has 0 saturated heterocycles. The highest BCUT2D eigenvalue weighted by Crippen LogP contribution is 2.19. The van der Waals surface area contributed by atoms with Crippen molar-refractivity contribution >= 4 is 22.7 Å². The molecule has 1 heterocycles. The van der Waals surface area contributed by atoms with E-state index in [9.17, 15) is 19.7 Å². The second-order valence-electron chi connectivity index (χ2n) is 4.38. The first-order valence-corrected chi connectivity index (χ1v) is 6.29. The van der Waals surface area contributed by atoms with Gasteiger partial charge in [0.05, 0.1) is 22.6 Å². The molecule has 0 fully saturated rings. The van der Waals surface area contributed by atoms with Gasteiger partial charge < -0.3 is 9.72 Å². The zero-order valence-electron chi connectivity index (χ0n) is 11.5. The quantitative estimate of drug-likeness (QED) is 0.518. The normalized spacial score (nSPS) is 12.1. The van der Waals surface area contributed by atoms with Gasteiger partial charge in [-0.15, -0.1) is 0 Å². The van der Waals surface area contributed by atoms with E-state index in [0.29, 0.717) is 5.52 Å². The highest BCUT2D eigenvalue weighted by molar-refractivity contribution is 5.80. The number of hydrogen-bond acceptors (Lipinski definition) is 6. The molecule has 8 heteroatoms. The first kappa shape index (κ1) is 14.6. The van der Waals surface area contributed by atoms with Gasteiger partial charge in [-0.2, -0.15) is 0 Å². The van der Waals surface area contributed by atoms with E-state index in [4.69, 9.17) is 4.74 Å². The number of esters is 1. The standard InChI is InChI=1S/C13H13N3O5/c1-3-21-13(18)7(2)11-12(17)15-9-5-4-8(16(19)20)6-10(9)14-11/h4-7H,3H2,1-2H3,(H,15,17). The Morgan fingerprint density at radius 2 is 2.24 bits per heavy atom. The van der Waals surface area contributed by atoms with Crippen LogP contribution in [-0.2, 0) is 9.53 Å². The maximum absolute atomic E-state index is 11.9. The predicted molar refractivity (Wildman–Crippen MR) is 74.1 cm³/mol. The lowest BCUT2D eigenvalue weighted by molar-refractivity contribution is -0.384. The number of benzene rings is 1. The second kappa shape index (κ2) is 5.70. The number of nitro benzene ring substituents is 1. The van der Waals surface area contributed by atoms with Gasteiger partial charge in [0.25, 0.3) is 11.2 Å². The van der Waals surface area contributed by atoms with Crippen molar-refractivity contribution in [2.75, 3.05) is 6.61 Å². The zero-order valence-corrected chi connectivity index (χ0v) is 11.5. The number of H-pyrrole nitrogens is 1. The molecule has 0 saturated carbocycles. The van der Waals surface area contributed by atoms with Crippen LogP contribution in [-0.4, -0.2) is 27.5 Å². The van der Waals surface area contributed by atoms with Crippen LogP contribution < -0.4 is 5.56 Å². The van der Waals surface area contributed by atoms with Crippen LogP contribution in [0.25, 0.3) is 11.0 Å². The average molecular weight is 291 g/mol. The Labute approximate surface area is 118 Å². The Kier molecular flexibility index (Phi) is 3.97. The largest absolute Gasteiger partial charge is 0.465 e. The summed E-state index contributed by atoms with van der Waals surface area (Å²) in [5, 5.41) is 10.8. The van der Waals surface area contributed by atoms with E-state index in [1.54, 1.807) is 6.92 Å². The maximum Gasteiger partial charge on any atom is 0.314 e. The smallest absolute Gasteiger partial charge is 0.314 e. The van der Waals surface area contributed by atoms with Crippen LogP contribution in [0.3, 0.4) is 0 Å². The van der Waals surface area contributed by atoms with Gasteiger partial charge in [-0.1, -0.05) is 0 Å². The van der Waals surface area contributed by atoms with E-state index >= 15 is 0 Å². The van der Waals surface area contributed by atoms with Crippen molar-refractivity contribution in [1.82, 2.24) is 9.97 Å². The predicted octanol–water partition coefficient (Wildman–Crippen LogP) is 1.50. The summed E-state index contributed by atoms with van der Waals surface area (Å²) >= 11 is 0. The third-order valence-corrected chi connectivity index (χ3v) is 2.96. The van der Waals surface area contributed by atoms with Crippen LogP contribution in [0.4, 0.5) is 5.69 Å². The van der Waals surface area contributed by atoms with Gasteiger partial charge in [0.15, 0.2) is 0 Å². The van der Waals surface area contributed by atoms with Gasteiger partial charge in [0.2, 0.25) is 0 Å². The van der Waals surface area contributed by atoms with Crippen molar-refractivity contribution in [3.63, 3.8) is 0 Å². The number of fused-ring (bicyclic) bond motifs is 1. The van der Waals surface area contributed by atoms with Crippen molar-refractivity contribution in [2.45, 2.75) is 19.8 Å². The summed E-state index contributed by atoms with van der Waals surface area (Å²) in [6, 6.07) is 3.92. The molecule has 0 radical (unpaired) electrons. The first-order valence-electron chi connectivity index (χ1n) is 6.29. The highest BCUT2D eigenvalue weighted by Gasteiger charge is 2.22. The summed E-state index contributed by atoms with van der Waals surface area (Å²) < 4.78 is 4.85. The van der Waals surface area contributed by atoms with E-state index in [2.05, 4.69) is 9.97 Å². The number of carbonyl (C=O) groups excluding carboxylic acids is 1. The van der Waals surface area contributed by atoms with E-state index in [-0.39, 0.29) is 23.5 Å². The van der Waals surface area contributed by atoms with Crippen LogP contribution >= 0.6 is 0 Å². The van der Waals surface area contributed by atoms with E-state index in [0.717, 1.165) is 0 Å².